The van der Waals surface area contributed by atoms with Crippen molar-refractivity contribution in [3.63, 3.8) is 0 Å². The summed E-state index contributed by atoms with van der Waals surface area (Å²) in [5.74, 6) is 0. The number of carbonyl (C=O) groups is 1. The molecule has 0 N–H and O–H groups in total. The summed E-state index contributed by atoms with van der Waals surface area (Å²) < 4.78 is 10.0. The van der Waals surface area contributed by atoms with Crippen molar-refractivity contribution in [3.8, 4) is 0 Å². The van der Waals surface area contributed by atoms with E-state index in [1.54, 1.807) is 26.4 Å². The van der Waals surface area contributed by atoms with Crippen molar-refractivity contribution in [1.29, 1.82) is 0 Å². The van der Waals surface area contributed by atoms with E-state index in [0.29, 0.717) is 0 Å². The van der Waals surface area contributed by atoms with E-state index in [4.69, 9.17) is 9.26 Å². The fourth-order valence-electron chi connectivity index (χ4n) is 1.29. The van der Waals surface area contributed by atoms with E-state index in [1.165, 1.54) is 4.90 Å². The predicted molar refractivity (Wildman–Crippen MR) is 57.9 cm³/mol. The lowest BCUT2D eigenvalue weighted by atomic mass is 10.2. The van der Waals surface area contributed by atoms with Crippen LogP contribution in [0.25, 0.3) is 11.0 Å². The maximum Gasteiger partial charge on any atom is 0.409 e. The number of hydrogen-bond donors (Lipinski definition) is 0. The van der Waals surface area contributed by atoms with Crippen molar-refractivity contribution in [3.05, 3.63) is 30.0 Å². The van der Waals surface area contributed by atoms with Gasteiger partial charge in [0, 0.05) is 19.5 Å². The first-order valence-electron chi connectivity index (χ1n) is 4.84. The van der Waals surface area contributed by atoms with Gasteiger partial charge in [-0.05, 0) is 17.7 Å². The number of rotatable bonds is 2. The van der Waals surface area contributed by atoms with E-state index in [0.717, 1.165) is 16.5 Å². The molecular weight excluding hydrogens is 208 g/mol. The van der Waals surface area contributed by atoms with Gasteiger partial charge in [-0.1, -0.05) is 11.2 Å². The third-order valence-corrected chi connectivity index (χ3v) is 2.14. The average molecular weight is 220 g/mol. The molecule has 1 aromatic heterocycles. The third-order valence-electron chi connectivity index (χ3n) is 2.14. The van der Waals surface area contributed by atoms with Crippen LogP contribution in [-0.2, 0) is 11.3 Å². The number of hydrogen-bond acceptors (Lipinski definition) is 4. The molecule has 0 aliphatic carbocycles. The minimum Gasteiger partial charge on any atom is -0.445 e. The van der Waals surface area contributed by atoms with Gasteiger partial charge in [0.05, 0.1) is 6.20 Å². The molecule has 0 spiro atoms. The second-order valence-electron chi connectivity index (χ2n) is 3.65. The fraction of sp³-hybridized carbons (Fsp3) is 0.273. The summed E-state index contributed by atoms with van der Waals surface area (Å²) >= 11 is 0. The SMILES string of the molecule is CN(C)C(=O)OCc1ccc2oncc2c1. The van der Waals surface area contributed by atoms with E-state index in [1.807, 2.05) is 12.1 Å². The molecule has 16 heavy (non-hydrogen) atoms. The Morgan fingerprint density at radius 2 is 2.31 bits per heavy atom. The molecule has 5 nitrogen and oxygen atoms in total. The van der Waals surface area contributed by atoms with Gasteiger partial charge in [-0.25, -0.2) is 4.79 Å². The topological polar surface area (TPSA) is 55.6 Å². The van der Waals surface area contributed by atoms with Crippen LogP contribution >= 0.6 is 0 Å². The highest BCUT2D eigenvalue weighted by atomic mass is 16.6. The van der Waals surface area contributed by atoms with Crippen LogP contribution in [0.5, 0.6) is 0 Å². The van der Waals surface area contributed by atoms with Crippen LogP contribution in [0.4, 0.5) is 4.79 Å². The Morgan fingerprint density at radius 3 is 3.06 bits per heavy atom. The Hall–Kier alpha value is -2.04. The van der Waals surface area contributed by atoms with Crippen LogP contribution in [0.15, 0.2) is 28.9 Å². The molecular formula is C11H12N2O3. The van der Waals surface area contributed by atoms with Crippen molar-refractivity contribution >= 4 is 17.1 Å². The van der Waals surface area contributed by atoms with Gasteiger partial charge in [-0.15, -0.1) is 0 Å². The molecule has 0 unspecified atom stereocenters. The smallest absolute Gasteiger partial charge is 0.409 e. The second kappa shape index (κ2) is 4.22. The summed E-state index contributed by atoms with van der Waals surface area (Å²) in [7, 11) is 3.29. The van der Waals surface area contributed by atoms with Crippen LogP contribution in [0.2, 0.25) is 0 Å². The van der Waals surface area contributed by atoms with E-state index in [-0.39, 0.29) is 12.7 Å². The molecule has 1 aromatic carbocycles. The highest BCUT2D eigenvalue weighted by Crippen LogP contribution is 2.15. The Balaban J connectivity index is 2.06. The summed E-state index contributed by atoms with van der Waals surface area (Å²) in [6.07, 6.45) is 1.28. The minimum absolute atomic E-state index is 0.248. The van der Waals surface area contributed by atoms with Crippen molar-refractivity contribution in [1.82, 2.24) is 10.1 Å². The average Bonchev–Trinajstić information content (AvgIpc) is 2.72. The maximum atomic E-state index is 11.2. The Labute approximate surface area is 92.6 Å². The Morgan fingerprint density at radius 1 is 1.50 bits per heavy atom. The summed E-state index contributed by atoms with van der Waals surface area (Å²) in [6, 6.07) is 5.53. The van der Waals surface area contributed by atoms with Crippen molar-refractivity contribution in [2.45, 2.75) is 6.61 Å². The van der Waals surface area contributed by atoms with Gasteiger partial charge in [-0.2, -0.15) is 0 Å². The van der Waals surface area contributed by atoms with Crippen molar-refractivity contribution in [2.24, 2.45) is 0 Å². The number of carbonyl (C=O) groups excluding carboxylic acids is 1. The van der Waals surface area contributed by atoms with Crippen LogP contribution in [0.3, 0.4) is 0 Å². The molecule has 1 amide bonds. The van der Waals surface area contributed by atoms with E-state index < -0.39 is 0 Å². The van der Waals surface area contributed by atoms with Gasteiger partial charge in [-0.3, -0.25) is 0 Å². The molecule has 0 atom stereocenters. The molecule has 5 heteroatoms. The number of ether oxygens (including phenoxy) is 1. The largest absolute Gasteiger partial charge is 0.445 e. The van der Waals surface area contributed by atoms with E-state index >= 15 is 0 Å². The normalized spacial score (nSPS) is 10.4. The number of fused-ring (bicyclic) bond motifs is 1. The maximum absolute atomic E-state index is 11.2. The first kappa shape index (κ1) is 10.5. The Bertz CT molecular complexity index is 505. The molecule has 1 heterocycles. The minimum atomic E-state index is -0.356. The van der Waals surface area contributed by atoms with Gasteiger partial charge >= 0.3 is 6.09 Å². The number of aromatic nitrogens is 1. The summed E-state index contributed by atoms with van der Waals surface area (Å²) in [5, 5.41) is 4.58. The lowest BCUT2D eigenvalue weighted by Crippen LogP contribution is -2.22. The zero-order chi connectivity index (χ0) is 11.5. The monoisotopic (exact) mass is 220 g/mol. The molecule has 0 saturated heterocycles. The lowest BCUT2D eigenvalue weighted by Gasteiger charge is -2.10. The molecule has 0 bridgehead atoms. The first-order valence-corrected chi connectivity index (χ1v) is 4.84. The zero-order valence-corrected chi connectivity index (χ0v) is 9.14. The van der Waals surface area contributed by atoms with Gasteiger partial charge in [0.25, 0.3) is 0 Å². The summed E-state index contributed by atoms with van der Waals surface area (Å²) in [6.45, 7) is 0.248. The highest BCUT2D eigenvalue weighted by Gasteiger charge is 2.06. The van der Waals surface area contributed by atoms with Crippen LogP contribution in [-0.4, -0.2) is 30.2 Å². The zero-order valence-electron chi connectivity index (χ0n) is 9.14. The van der Waals surface area contributed by atoms with Crippen molar-refractivity contribution in [2.75, 3.05) is 14.1 Å². The first-order chi connectivity index (χ1) is 7.66. The van der Waals surface area contributed by atoms with Crippen LogP contribution in [0, 0.1) is 0 Å². The molecule has 0 aliphatic heterocycles. The number of amides is 1. The van der Waals surface area contributed by atoms with Gasteiger partial charge in [0.15, 0.2) is 5.58 Å². The third kappa shape index (κ3) is 2.13. The van der Waals surface area contributed by atoms with Crippen molar-refractivity contribution < 1.29 is 14.1 Å². The van der Waals surface area contributed by atoms with Gasteiger partial charge < -0.3 is 14.2 Å². The van der Waals surface area contributed by atoms with E-state index in [2.05, 4.69) is 5.16 Å². The summed E-state index contributed by atoms with van der Waals surface area (Å²) in [4.78, 5) is 12.6. The van der Waals surface area contributed by atoms with Gasteiger partial charge in [0.1, 0.15) is 6.61 Å². The fourth-order valence-corrected chi connectivity index (χ4v) is 1.29. The van der Waals surface area contributed by atoms with E-state index in [9.17, 15) is 4.79 Å². The molecule has 0 radical (unpaired) electrons. The highest BCUT2D eigenvalue weighted by molar-refractivity contribution is 5.76. The summed E-state index contributed by atoms with van der Waals surface area (Å²) in [5.41, 5.74) is 1.63. The van der Waals surface area contributed by atoms with Gasteiger partial charge in [0.2, 0.25) is 0 Å². The standard InChI is InChI=1S/C11H12N2O3/c1-13(2)11(14)15-7-8-3-4-10-9(5-8)6-12-16-10/h3-6H,7H2,1-2H3. The van der Waals surface area contributed by atoms with Crippen LogP contribution in [0.1, 0.15) is 5.56 Å². The second-order valence-corrected chi connectivity index (χ2v) is 3.65. The molecule has 2 rings (SSSR count). The Kier molecular flexibility index (Phi) is 2.76. The molecule has 0 aliphatic rings. The molecule has 84 valence electrons. The van der Waals surface area contributed by atoms with Crippen LogP contribution < -0.4 is 0 Å². The number of nitrogens with zero attached hydrogens (tertiary/aromatic N) is 2. The molecule has 0 saturated carbocycles. The quantitative estimate of drug-likeness (QED) is 0.777. The molecule has 2 aromatic rings. The lowest BCUT2D eigenvalue weighted by molar-refractivity contribution is 0.112. The number of benzene rings is 1. The predicted octanol–water partition coefficient (Wildman–Crippen LogP) is 2.03. The molecule has 0 fully saturated rings.